The average Bonchev–Trinajstić information content (AvgIpc) is 3.32. The van der Waals surface area contributed by atoms with Gasteiger partial charge in [0.1, 0.15) is 23.7 Å². The lowest BCUT2D eigenvalue weighted by Gasteiger charge is -2.28. The van der Waals surface area contributed by atoms with E-state index in [-0.39, 0.29) is 18.4 Å². The van der Waals surface area contributed by atoms with Gasteiger partial charge in [0, 0.05) is 25.0 Å². The van der Waals surface area contributed by atoms with E-state index >= 15 is 0 Å². The summed E-state index contributed by atoms with van der Waals surface area (Å²) >= 11 is 1.59. The van der Waals surface area contributed by atoms with E-state index in [2.05, 4.69) is 25.1 Å². The number of aromatic nitrogens is 4. The Balaban J connectivity index is 1.41. The maximum atomic E-state index is 13.2. The first-order valence-electron chi connectivity index (χ1n) is 10.2. The fourth-order valence-electron chi connectivity index (χ4n) is 4.39. The van der Waals surface area contributed by atoms with Crippen molar-refractivity contribution in [3.63, 3.8) is 0 Å². The monoisotopic (exact) mass is 423 g/mol. The van der Waals surface area contributed by atoms with Crippen molar-refractivity contribution in [3.8, 4) is 0 Å². The molecule has 0 radical (unpaired) electrons. The number of anilines is 2. The fourth-order valence-corrected chi connectivity index (χ4v) is 5.77. The predicted molar refractivity (Wildman–Crippen MR) is 113 cm³/mol. The Morgan fingerprint density at radius 1 is 1.23 bits per heavy atom. The zero-order valence-corrected chi connectivity index (χ0v) is 17.4. The van der Waals surface area contributed by atoms with Gasteiger partial charge in [0.05, 0.1) is 23.7 Å². The predicted octanol–water partition coefficient (Wildman–Crippen LogP) is 1.81. The summed E-state index contributed by atoms with van der Waals surface area (Å²) in [6.45, 7) is 2.28. The minimum Gasteiger partial charge on any atom is -0.350 e. The Bertz CT molecular complexity index is 1180. The summed E-state index contributed by atoms with van der Waals surface area (Å²) in [5.41, 5.74) is 2.54. The Kier molecular flexibility index (Phi) is 3.86. The van der Waals surface area contributed by atoms with Crippen molar-refractivity contribution in [2.45, 2.75) is 25.8 Å². The summed E-state index contributed by atoms with van der Waals surface area (Å²) in [5.74, 6) is 1.38. The van der Waals surface area contributed by atoms with Gasteiger partial charge >= 0.3 is 0 Å². The molecule has 2 aliphatic heterocycles. The van der Waals surface area contributed by atoms with Gasteiger partial charge in [-0.3, -0.25) is 14.7 Å². The van der Waals surface area contributed by atoms with Gasteiger partial charge in [-0.15, -0.1) is 11.3 Å². The van der Waals surface area contributed by atoms with Gasteiger partial charge in [0.25, 0.3) is 5.91 Å². The van der Waals surface area contributed by atoms with Crippen molar-refractivity contribution in [2.75, 3.05) is 36.5 Å². The number of carbonyl (C=O) groups is 2. The Labute approximate surface area is 176 Å². The first-order chi connectivity index (χ1) is 14.6. The maximum absolute atomic E-state index is 13.2. The van der Waals surface area contributed by atoms with Gasteiger partial charge in [-0.25, -0.2) is 9.97 Å². The standard InChI is InChI=1S/C20H21N7O2S/c1-25-9-15(28)27(7-11-2-3-11)20-16(19(25)29)12-4-5-26(8-14(12)30-20)18-13-6-23-24-17(13)21-10-22-18/h6,10-11H,2-5,7-9H2,1H3,(H,21,22,23,24). The van der Waals surface area contributed by atoms with Crippen molar-refractivity contribution in [1.82, 2.24) is 25.1 Å². The van der Waals surface area contributed by atoms with Gasteiger partial charge in [-0.05, 0) is 30.7 Å². The van der Waals surface area contributed by atoms with Crippen LogP contribution in [-0.2, 0) is 17.8 Å². The zero-order valence-electron chi connectivity index (χ0n) is 16.6. The second-order valence-electron chi connectivity index (χ2n) is 8.29. The molecule has 10 heteroatoms. The quantitative estimate of drug-likeness (QED) is 0.690. The summed E-state index contributed by atoms with van der Waals surface area (Å²) in [5, 5.41) is 8.71. The van der Waals surface area contributed by atoms with Crippen LogP contribution in [0.2, 0.25) is 0 Å². The van der Waals surface area contributed by atoms with Crippen LogP contribution in [0.4, 0.5) is 10.8 Å². The number of hydrogen-bond donors (Lipinski definition) is 1. The molecule has 0 atom stereocenters. The Hall–Kier alpha value is -3.01. The van der Waals surface area contributed by atoms with E-state index in [0.29, 0.717) is 18.1 Å². The summed E-state index contributed by atoms with van der Waals surface area (Å²) in [6, 6.07) is 0. The summed E-state index contributed by atoms with van der Waals surface area (Å²) in [4.78, 5) is 41.6. The van der Waals surface area contributed by atoms with Crippen LogP contribution in [0, 0.1) is 5.92 Å². The lowest BCUT2D eigenvalue weighted by molar-refractivity contribution is -0.119. The summed E-state index contributed by atoms with van der Waals surface area (Å²) < 4.78 is 0. The van der Waals surface area contributed by atoms with Crippen LogP contribution >= 0.6 is 11.3 Å². The fraction of sp³-hybridized carbons (Fsp3) is 0.450. The molecular formula is C20H21N7O2S. The molecule has 9 nitrogen and oxygen atoms in total. The van der Waals surface area contributed by atoms with E-state index in [0.717, 1.165) is 64.6 Å². The second kappa shape index (κ2) is 6.49. The first-order valence-corrected chi connectivity index (χ1v) is 11.0. The molecule has 0 bridgehead atoms. The molecule has 3 aromatic heterocycles. The molecule has 0 aromatic carbocycles. The Morgan fingerprint density at radius 2 is 2.10 bits per heavy atom. The molecule has 3 aliphatic rings. The van der Waals surface area contributed by atoms with Crippen LogP contribution in [0.3, 0.4) is 0 Å². The number of nitrogens with one attached hydrogen (secondary N) is 1. The van der Waals surface area contributed by atoms with Crippen molar-refractivity contribution >= 4 is 45.0 Å². The average molecular weight is 424 g/mol. The van der Waals surface area contributed by atoms with Gasteiger partial charge in [0.15, 0.2) is 5.65 Å². The molecule has 2 amide bonds. The third-order valence-corrected chi connectivity index (χ3v) is 7.42. The highest BCUT2D eigenvalue weighted by molar-refractivity contribution is 7.17. The highest BCUT2D eigenvalue weighted by atomic mass is 32.1. The van der Waals surface area contributed by atoms with E-state index in [4.69, 9.17) is 0 Å². The number of carbonyl (C=O) groups excluding carboxylic acids is 2. The van der Waals surface area contributed by atoms with Crippen molar-refractivity contribution in [2.24, 2.45) is 5.92 Å². The molecule has 0 unspecified atom stereocenters. The highest BCUT2D eigenvalue weighted by Gasteiger charge is 2.39. The third kappa shape index (κ3) is 2.70. The summed E-state index contributed by atoms with van der Waals surface area (Å²) in [7, 11) is 1.72. The summed E-state index contributed by atoms with van der Waals surface area (Å²) in [6.07, 6.45) is 6.36. The molecule has 6 rings (SSSR count). The van der Waals surface area contributed by atoms with Gasteiger partial charge < -0.3 is 14.7 Å². The van der Waals surface area contributed by atoms with E-state index < -0.39 is 0 Å². The number of nitrogens with zero attached hydrogens (tertiary/aromatic N) is 6. The van der Waals surface area contributed by atoms with E-state index in [1.54, 1.807) is 35.8 Å². The van der Waals surface area contributed by atoms with E-state index in [1.807, 2.05) is 4.90 Å². The molecule has 0 spiro atoms. The maximum Gasteiger partial charge on any atom is 0.257 e. The van der Waals surface area contributed by atoms with E-state index in [1.165, 1.54) is 0 Å². The number of aromatic amines is 1. The number of amides is 2. The minimum atomic E-state index is -0.0399. The SMILES string of the molecule is CN1CC(=O)N(CC2CC2)c2sc3c(c2C1=O)CCN(c1ncnc2[nH]ncc12)C3. The lowest BCUT2D eigenvalue weighted by atomic mass is 10.0. The molecule has 3 aromatic rings. The van der Waals surface area contributed by atoms with Crippen LogP contribution in [-0.4, -0.2) is 63.6 Å². The molecule has 1 aliphatic carbocycles. The van der Waals surface area contributed by atoms with Gasteiger partial charge in [-0.2, -0.15) is 5.10 Å². The smallest absolute Gasteiger partial charge is 0.257 e. The number of fused-ring (bicyclic) bond motifs is 4. The van der Waals surface area contributed by atoms with Crippen LogP contribution in [0.15, 0.2) is 12.5 Å². The molecular weight excluding hydrogens is 402 g/mol. The number of hydrogen-bond acceptors (Lipinski definition) is 7. The number of rotatable bonds is 3. The van der Waals surface area contributed by atoms with Crippen molar-refractivity contribution in [3.05, 3.63) is 28.5 Å². The Morgan fingerprint density at radius 3 is 2.93 bits per heavy atom. The number of H-pyrrole nitrogens is 1. The first kappa shape index (κ1) is 17.8. The molecule has 1 saturated carbocycles. The third-order valence-electron chi connectivity index (χ3n) is 6.18. The van der Waals surface area contributed by atoms with Crippen molar-refractivity contribution in [1.29, 1.82) is 0 Å². The van der Waals surface area contributed by atoms with Crippen molar-refractivity contribution < 1.29 is 9.59 Å². The molecule has 1 N–H and O–H groups in total. The van der Waals surface area contributed by atoms with Crippen LogP contribution in [0.1, 0.15) is 33.6 Å². The minimum absolute atomic E-state index is 0.0165. The highest BCUT2D eigenvalue weighted by Crippen LogP contribution is 2.43. The van der Waals surface area contributed by atoms with Gasteiger partial charge in [-0.1, -0.05) is 0 Å². The second-order valence-corrected chi connectivity index (χ2v) is 9.38. The molecule has 30 heavy (non-hydrogen) atoms. The van der Waals surface area contributed by atoms with Crippen LogP contribution in [0.5, 0.6) is 0 Å². The topological polar surface area (TPSA) is 98.3 Å². The van der Waals surface area contributed by atoms with Crippen LogP contribution < -0.4 is 9.80 Å². The lowest BCUT2D eigenvalue weighted by Crippen LogP contribution is -2.38. The molecule has 1 fully saturated rings. The largest absolute Gasteiger partial charge is 0.350 e. The molecule has 0 saturated heterocycles. The molecule has 5 heterocycles. The normalized spacial score (nSPS) is 19.3. The number of likely N-dealkylation sites (N-methyl/N-ethyl adjacent to an activating group) is 1. The number of thiophene rings is 1. The zero-order chi connectivity index (χ0) is 20.4. The molecule has 154 valence electrons. The van der Waals surface area contributed by atoms with Gasteiger partial charge in [0.2, 0.25) is 5.91 Å². The van der Waals surface area contributed by atoms with Crippen LogP contribution in [0.25, 0.3) is 11.0 Å². The van der Waals surface area contributed by atoms with E-state index in [9.17, 15) is 9.59 Å².